The second kappa shape index (κ2) is 7.10. The number of anilines is 1. The van der Waals surface area contributed by atoms with Gasteiger partial charge in [-0.1, -0.05) is 27.7 Å². The van der Waals surface area contributed by atoms with Crippen LogP contribution in [0.1, 0.15) is 46.6 Å². The summed E-state index contributed by atoms with van der Waals surface area (Å²) in [6.45, 7) is 8.00. The third-order valence-electron chi connectivity index (χ3n) is 1.94. The van der Waals surface area contributed by atoms with Crippen molar-refractivity contribution in [3.05, 3.63) is 28.7 Å². The fraction of sp³-hybridized carbons (Fsp3) is 0.583. The third-order valence-corrected chi connectivity index (χ3v) is 1.94. The molecule has 1 aliphatic carbocycles. The van der Waals surface area contributed by atoms with E-state index in [1.165, 1.54) is 0 Å². The molecule has 0 aliphatic heterocycles. The van der Waals surface area contributed by atoms with Gasteiger partial charge in [-0.25, -0.2) is 0 Å². The molecular weight excluding hydrogens is 188 g/mol. The topological polar surface area (TPSA) is 48.0 Å². The highest BCUT2D eigenvalue weighted by Crippen LogP contribution is 2.33. The lowest BCUT2D eigenvalue weighted by Crippen LogP contribution is -2.20. The lowest BCUT2D eigenvalue weighted by Gasteiger charge is -2.01. The fourth-order valence-electron chi connectivity index (χ4n) is 1.17. The minimum Gasteiger partial charge on any atom is -0.394 e. The van der Waals surface area contributed by atoms with Crippen molar-refractivity contribution in [2.75, 3.05) is 5.73 Å². The molecule has 0 unspecified atom stereocenters. The highest BCUT2D eigenvalue weighted by molar-refractivity contribution is 5.33. The number of nitrogens with zero attached hydrogens (tertiary/aromatic N) is 1. The standard InChI is InChI=1S/C8H10N2O.2C2H6/c9-7-2-1-5-10(8(7)11)6-3-4-6;2*1-2/h1-2,5-6H,3-4,9H2;2*1-2H3. The average molecular weight is 210 g/mol. The summed E-state index contributed by atoms with van der Waals surface area (Å²) >= 11 is 0. The molecule has 3 heteroatoms. The van der Waals surface area contributed by atoms with Crippen LogP contribution in [0.3, 0.4) is 0 Å². The van der Waals surface area contributed by atoms with Crippen LogP contribution >= 0.6 is 0 Å². The Morgan fingerprint density at radius 1 is 1.27 bits per heavy atom. The van der Waals surface area contributed by atoms with Crippen molar-refractivity contribution in [1.29, 1.82) is 0 Å². The molecule has 1 aromatic heterocycles. The lowest BCUT2D eigenvalue weighted by molar-refractivity contribution is 0.710. The van der Waals surface area contributed by atoms with Crippen LogP contribution in [-0.2, 0) is 0 Å². The molecule has 1 aliphatic rings. The summed E-state index contributed by atoms with van der Waals surface area (Å²) in [6, 6.07) is 3.88. The summed E-state index contributed by atoms with van der Waals surface area (Å²) in [4.78, 5) is 11.3. The van der Waals surface area contributed by atoms with Gasteiger partial charge in [-0.15, -0.1) is 0 Å². The first-order valence-corrected chi connectivity index (χ1v) is 5.75. The third kappa shape index (κ3) is 3.78. The molecule has 0 aromatic carbocycles. The number of pyridine rings is 1. The molecule has 1 aromatic rings. The van der Waals surface area contributed by atoms with E-state index in [-0.39, 0.29) is 5.56 Å². The van der Waals surface area contributed by atoms with Crippen molar-refractivity contribution >= 4 is 5.69 Å². The molecule has 15 heavy (non-hydrogen) atoms. The molecule has 0 saturated heterocycles. The Morgan fingerprint density at radius 2 is 1.80 bits per heavy atom. The Labute approximate surface area is 91.9 Å². The van der Waals surface area contributed by atoms with Crippen molar-refractivity contribution in [3.63, 3.8) is 0 Å². The van der Waals surface area contributed by atoms with Crippen LogP contribution in [0.2, 0.25) is 0 Å². The predicted molar refractivity (Wildman–Crippen MR) is 66.1 cm³/mol. The maximum atomic E-state index is 11.3. The first-order chi connectivity index (χ1) is 7.29. The highest BCUT2D eigenvalue weighted by atomic mass is 16.1. The zero-order valence-corrected chi connectivity index (χ0v) is 10.2. The second-order valence-corrected chi connectivity index (χ2v) is 2.91. The number of aromatic nitrogens is 1. The highest BCUT2D eigenvalue weighted by Gasteiger charge is 2.24. The summed E-state index contributed by atoms with van der Waals surface area (Å²) < 4.78 is 1.72. The van der Waals surface area contributed by atoms with Gasteiger partial charge in [-0.2, -0.15) is 0 Å². The van der Waals surface area contributed by atoms with Gasteiger partial charge in [0.2, 0.25) is 0 Å². The van der Waals surface area contributed by atoms with Crippen molar-refractivity contribution in [2.45, 2.75) is 46.6 Å². The summed E-state index contributed by atoms with van der Waals surface area (Å²) in [6.07, 6.45) is 4.03. The molecular formula is C12H22N2O. The van der Waals surface area contributed by atoms with Crippen molar-refractivity contribution in [3.8, 4) is 0 Å². The van der Waals surface area contributed by atoms with Crippen LogP contribution in [0.15, 0.2) is 23.1 Å². The molecule has 1 fully saturated rings. The molecule has 0 amide bonds. The Hall–Kier alpha value is -1.25. The Balaban J connectivity index is 0.000000442. The van der Waals surface area contributed by atoms with Gasteiger partial charge in [0.25, 0.3) is 5.56 Å². The zero-order chi connectivity index (χ0) is 11.8. The smallest absolute Gasteiger partial charge is 0.273 e. The number of rotatable bonds is 1. The van der Waals surface area contributed by atoms with E-state index in [9.17, 15) is 4.79 Å². The van der Waals surface area contributed by atoms with Crippen LogP contribution in [-0.4, -0.2) is 4.57 Å². The van der Waals surface area contributed by atoms with Crippen LogP contribution in [0, 0.1) is 0 Å². The average Bonchev–Trinajstić information content (AvgIpc) is 3.12. The second-order valence-electron chi connectivity index (χ2n) is 2.91. The molecule has 0 atom stereocenters. The quantitative estimate of drug-likeness (QED) is 0.774. The molecule has 2 N–H and O–H groups in total. The Bertz CT molecular complexity index is 327. The van der Waals surface area contributed by atoms with Crippen LogP contribution in [0.25, 0.3) is 0 Å². The van der Waals surface area contributed by atoms with E-state index in [4.69, 9.17) is 5.73 Å². The normalized spacial score (nSPS) is 13.1. The van der Waals surface area contributed by atoms with Crippen LogP contribution < -0.4 is 11.3 Å². The molecule has 0 spiro atoms. The number of hydrogen-bond acceptors (Lipinski definition) is 2. The molecule has 1 heterocycles. The lowest BCUT2D eigenvalue weighted by atomic mass is 10.4. The van der Waals surface area contributed by atoms with Gasteiger partial charge in [0.1, 0.15) is 0 Å². The summed E-state index contributed by atoms with van der Waals surface area (Å²) in [5.74, 6) is 0. The fourth-order valence-corrected chi connectivity index (χ4v) is 1.17. The Kier molecular flexibility index (Phi) is 6.50. The minimum atomic E-state index is -0.0463. The number of nitrogens with two attached hydrogens (primary N) is 1. The number of nitrogen functional groups attached to an aromatic ring is 1. The first-order valence-electron chi connectivity index (χ1n) is 5.75. The van der Waals surface area contributed by atoms with E-state index < -0.39 is 0 Å². The van der Waals surface area contributed by atoms with Gasteiger partial charge in [0.05, 0.1) is 5.69 Å². The summed E-state index contributed by atoms with van der Waals surface area (Å²) in [5, 5.41) is 0. The SMILES string of the molecule is CC.CC.Nc1cccn(C2CC2)c1=O. The molecule has 1 saturated carbocycles. The molecule has 86 valence electrons. The molecule has 0 bridgehead atoms. The van der Waals surface area contributed by atoms with Gasteiger partial charge < -0.3 is 10.3 Å². The van der Waals surface area contributed by atoms with E-state index in [0.29, 0.717) is 11.7 Å². The zero-order valence-electron chi connectivity index (χ0n) is 10.2. The Morgan fingerprint density at radius 3 is 2.27 bits per heavy atom. The van der Waals surface area contributed by atoms with E-state index in [1.807, 2.05) is 33.8 Å². The van der Waals surface area contributed by atoms with E-state index in [2.05, 4.69) is 0 Å². The molecule has 3 nitrogen and oxygen atoms in total. The van der Waals surface area contributed by atoms with Gasteiger partial charge in [0.15, 0.2) is 0 Å². The largest absolute Gasteiger partial charge is 0.394 e. The van der Waals surface area contributed by atoms with E-state index in [0.717, 1.165) is 12.8 Å². The molecule has 2 rings (SSSR count). The number of hydrogen-bond donors (Lipinski definition) is 1. The van der Waals surface area contributed by atoms with E-state index in [1.54, 1.807) is 16.8 Å². The first kappa shape index (κ1) is 13.8. The van der Waals surface area contributed by atoms with Gasteiger partial charge in [0, 0.05) is 12.2 Å². The van der Waals surface area contributed by atoms with Gasteiger partial charge >= 0.3 is 0 Å². The van der Waals surface area contributed by atoms with Crippen molar-refractivity contribution in [2.24, 2.45) is 0 Å². The van der Waals surface area contributed by atoms with Gasteiger partial charge in [-0.3, -0.25) is 4.79 Å². The van der Waals surface area contributed by atoms with Gasteiger partial charge in [-0.05, 0) is 25.0 Å². The van der Waals surface area contributed by atoms with Crippen molar-refractivity contribution < 1.29 is 0 Å². The summed E-state index contributed by atoms with van der Waals surface area (Å²) in [5.41, 5.74) is 5.75. The predicted octanol–water partition coefficient (Wildman–Crippen LogP) is 2.82. The minimum absolute atomic E-state index is 0.0463. The van der Waals surface area contributed by atoms with Crippen LogP contribution in [0.4, 0.5) is 5.69 Å². The maximum Gasteiger partial charge on any atom is 0.273 e. The summed E-state index contributed by atoms with van der Waals surface area (Å²) in [7, 11) is 0. The van der Waals surface area contributed by atoms with Crippen molar-refractivity contribution in [1.82, 2.24) is 4.57 Å². The maximum absolute atomic E-state index is 11.3. The van der Waals surface area contributed by atoms with Crippen LogP contribution in [0.5, 0.6) is 0 Å². The van der Waals surface area contributed by atoms with E-state index >= 15 is 0 Å². The monoisotopic (exact) mass is 210 g/mol. The molecule has 0 radical (unpaired) electrons.